The lowest BCUT2D eigenvalue weighted by atomic mass is 9.94. The Kier molecular flexibility index (Phi) is 2.14. The van der Waals surface area contributed by atoms with E-state index in [1.165, 1.54) is 12.3 Å². The summed E-state index contributed by atoms with van der Waals surface area (Å²) in [5.74, 6) is -0.775. The highest BCUT2D eigenvalue weighted by atomic mass is 19.3. The number of nitrogens with zero attached hydrogens (tertiary/aromatic N) is 1. The molecular formula is C7H9F2N. The third-order valence-corrected chi connectivity index (χ3v) is 1.61. The zero-order valence-corrected chi connectivity index (χ0v) is 5.67. The van der Waals surface area contributed by atoms with Gasteiger partial charge in [-0.05, 0) is 0 Å². The Labute approximate surface area is 58.5 Å². The van der Waals surface area contributed by atoms with Crippen molar-refractivity contribution in [1.29, 1.82) is 0 Å². The summed E-state index contributed by atoms with van der Waals surface area (Å²) in [5, 5.41) is 0. The summed E-state index contributed by atoms with van der Waals surface area (Å²) < 4.78 is 24.1. The fourth-order valence-corrected chi connectivity index (χ4v) is 0.923. The second kappa shape index (κ2) is 2.90. The van der Waals surface area contributed by atoms with Gasteiger partial charge in [0.2, 0.25) is 6.43 Å². The van der Waals surface area contributed by atoms with Crippen molar-refractivity contribution < 1.29 is 8.78 Å². The molecule has 0 radical (unpaired) electrons. The normalized spacial score (nSPS) is 31.6. The molecule has 0 aliphatic carbocycles. The van der Waals surface area contributed by atoms with E-state index in [0.29, 0.717) is 0 Å². The lowest BCUT2D eigenvalue weighted by Crippen LogP contribution is -2.20. The predicted molar refractivity (Wildman–Crippen MR) is 36.3 cm³/mol. The van der Waals surface area contributed by atoms with E-state index in [1.54, 1.807) is 13.1 Å². The first-order valence-corrected chi connectivity index (χ1v) is 3.20. The van der Waals surface area contributed by atoms with Gasteiger partial charge < -0.3 is 0 Å². The molecule has 10 heavy (non-hydrogen) atoms. The Morgan fingerprint density at radius 3 is 2.60 bits per heavy atom. The minimum absolute atomic E-state index is 0.134. The van der Waals surface area contributed by atoms with Crippen LogP contribution in [0.1, 0.15) is 6.92 Å². The van der Waals surface area contributed by atoms with Gasteiger partial charge in [-0.25, -0.2) is 8.78 Å². The summed E-state index contributed by atoms with van der Waals surface area (Å²) >= 11 is 0. The molecule has 2 atom stereocenters. The SMILES string of the molecule is CC1C=NC=CC1C(F)F. The van der Waals surface area contributed by atoms with Gasteiger partial charge in [-0.15, -0.1) is 0 Å². The maximum Gasteiger partial charge on any atom is 0.245 e. The number of hydrogen-bond donors (Lipinski definition) is 0. The van der Waals surface area contributed by atoms with Crippen LogP contribution in [0.5, 0.6) is 0 Å². The Hall–Kier alpha value is -0.730. The van der Waals surface area contributed by atoms with Gasteiger partial charge in [0.1, 0.15) is 0 Å². The minimum Gasteiger partial charge on any atom is -0.269 e. The molecular weight excluding hydrogens is 136 g/mol. The van der Waals surface area contributed by atoms with E-state index in [4.69, 9.17) is 0 Å². The Bertz CT molecular complexity index is 163. The quantitative estimate of drug-likeness (QED) is 0.535. The molecule has 3 heteroatoms. The monoisotopic (exact) mass is 145 g/mol. The highest BCUT2D eigenvalue weighted by molar-refractivity contribution is 5.63. The van der Waals surface area contributed by atoms with Crippen molar-refractivity contribution in [3.8, 4) is 0 Å². The van der Waals surface area contributed by atoms with Crippen LogP contribution in [0.25, 0.3) is 0 Å². The van der Waals surface area contributed by atoms with E-state index in [1.807, 2.05) is 0 Å². The largest absolute Gasteiger partial charge is 0.269 e. The molecule has 0 saturated heterocycles. The summed E-state index contributed by atoms with van der Waals surface area (Å²) in [7, 11) is 0. The zero-order valence-electron chi connectivity index (χ0n) is 5.67. The van der Waals surface area contributed by atoms with E-state index >= 15 is 0 Å². The average molecular weight is 145 g/mol. The van der Waals surface area contributed by atoms with E-state index in [9.17, 15) is 8.78 Å². The highest BCUT2D eigenvalue weighted by Crippen LogP contribution is 2.22. The number of halogens is 2. The van der Waals surface area contributed by atoms with E-state index in [2.05, 4.69) is 4.99 Å². The van der Waals surface area contributed by atoms with Crippen LogP contribution in [0, 0.1) is 11.8 Å². The molecule has 0 spiro atoms. The van der Waals surface area contributed by atoms with Gasteiger partial charge in [-0.3, -0.25) is 4.99 Å². The molecule has 0 amide bonds. The molecule has 0 bridgehead atoms. The first kappa shape index (κ1) is 7.38. The van der Waals surface area contributed by atoms with Crippen LogP contribution < -0.4 is 0 Å². The summed E-state index contributed by atoms with van der Waals surface area (Å²) in [5.41, 5.74) is 0. The van der Waals surface area contributed by atoms with Gasteiger partial charge in [0, 0.05) is 24.3 Å². The van der Waals surface area contributed by atoms with Gasteiger partial charge in [0.05, 0.1) is 0 Å². The molecule has 0 aromatic rings. The summed E-state index contributed by atoms with van der Waals surface area (Å²) in [6.07, 6.45) is 2.17. The molecule has 0 aromatic heterocycles. The summed E-state index contributed by atoms with van der Waals surface area (Å²) in [6, 6.07) is 0. The Morgan fingerprint density at radius 1 is 1.50 bits per heavy atom. The lowest BCUT2D eigenvalue weighted by Gasteiger charge is -2.17. The van der Waals surface area contributed by atoms with Crippen molar-refractivity contribution in [2.75, 3.05) is 0 Å². The number of allylic oxidation sites excluding steroid dienone is 1. The molecule has 0 N–H and O–H groups in total. The van der Waals surface area contributed by atoms with Crippen LogP contribution in [0.3, 0.4) is 0 Å². The van der Waals surface area contributed by atoms with E-state index in [0.717, 1.165) is 0 Å². The second-order valence-electron chi connectivity index (χ2n) is 2.41. The second-order valence-corrected chi connectivity index (χ2v) is 2.41. The minimum atomic E-state index is -2.27. The van der Waals surface area contributed by atoms with Crippen molar-refractivity contribution in [3.05, 3.63) is 12.3 Å². The number of hydrogen-bond acceptors (Lipinski definition) is 1. The highest BCUT2D eigenvalue weighted by Gasteiger charge is 2.23. The van der Waals surface area contributed by atoms with E-state index < -0.39 is 12.3 Å². The van der Waals surface area contributed by atoms with Crippen molar-refractivity contribution in [1.82, 2.24) is 0 Å². The molecule has 1 nitrogen and oxygen atoms in total. The Morgan fingerprint density at radius 2 is 2.20 bits per heavy atom. The van der Waals surface area contributed by atoms with Crippen LogP contribution in [-0.2, 0) is 0 Å². The van der Waals surface area contributed by atoms with Gasteiger partial charge in [-0.1, -0.05) is 13.0 Å². The van der Waals surface area contributed by atoms with Crippen LogP contribution >= 0.6 is 0 Å². The number of rotatable bonds is 1. The Balaban J connectivity index is 2.61. The van der Waals surface area contributed by atoms with Crippen LogP contribution in [-0.4, -0.2) is 12.6 Å². The molecule has 0 fully saturated rings. The third kappa shape index (κ3) is 1.40. The van der Waals surface area contributed by atoms with Crippen molar-refractivity contribution in [3.63, 3.8) is 0 Å². The van der Waals surface area contributed by atoms with Gasteiger partial charge in [-0.2, -0.15) is 0 Å². The van der Waals surface area contributed by atoms with Crippen molar-refractivity contribution >= 4 is 6.21 Å². The van der Waals surface area contributed by atoms with Crippen LogP contribution in [0.4, 0.5) is 8.78 Å². The van der Waals surface area contributed by atoms with Gasteiger partial charge >= 0.3 is 0 Å². The molecule has 1 heterocycles. The van der Waals surface area contributed by atoms with Crippen molar-refractivity contribution in [2.24, 2.45) is 16.8 Å². The van der Waals surface area contributed by atoms with Crippen LogP contribution in [0.15, 0.2) is 17.3 Å². The molecule has 0 aromatic carbocycles. The molecule has 1 aliphatic heterocycles. The van der Waals surface area contributed by atoms with Gasteiger partial charge in [0.15, 0.2) is 0 Å². The fraction of sp³-hybridized carbons (Fsp3) is 0.571. The maximum atomic E-state index is 12.1. The topological polar surface area (TPSA) is 12.4 Å². The average Bonchev–Trinajstić information content (AvgIpc) is 1.88. The molecule has 0 saturated carbocycles. The predicted octanol–water partition coefficient (Wildman–Crippen LogP) is 2.10. The molecule has 56 valence electrons. The molecule has 1 aliphatic rings. The number of aliphatic imine (C=N–C) groups is 1. The standard InChI is InChI=1S/C7H9F2N/c1-5-4-10-3-2-6(5)7(8)9/h2-7H,1H3. The number of alkyl halides is 2. The third-order valence-electron chi connectivity index (χ3n) is 1.61. The summed E-state index contributed by atoms with van der Waals surface area (Å²) in [4.78, 5) is 3.75. The van der Waals surface area contributed by atoms with E-state index in [-0.39, 0.29) is 5.92 Å². The molecule has 2 unspecified atom stereocenters. The smallest absolute Gasteiger partial charge is 0.245 e. The molecule has 1 rings (SSSR count). The fourth-order valence-electron chi connectivity index (χ4n) is 0.923. The van der Waals surface area contributed by atoms with Crippen LogP contribution in [0.2, 0.25) is 0 Å². The first-order chi connectivity index (χ1) is 4.72. The lowest BCUT2D eigenvalue weighted by molar-refractivity contribution is 0.0872. The van der Waals surface area contributed by atoms with Gasteiger partial charge in [0.25, 0.3) is 0 Å². The van der Waals surface area contributed by atoms with Crippen molar-refractivity contribution in [2.45, 2.75) is 13.3 Å². The first-order valence-electron chi connectivity index (χ1n) is 3.20. The summed E-state index contributed by atoms with van der Waals surface area (Å²) in [6.45, 7) is 1.74. The zero-order chi connectivity index (χ0) is 7.56. The maximum absolute atomic E-state index is 12.1.